The van der Waals surface area contributed by atoms with E-state index in [1.165, 1.54) is 6.92 Å². The zero-order chi connectivity index (χ0) is 11.6. The summed E-state index contributed by atoms with van der Waals surface area (Å²) >= 11 is 0. The number of ether oxygens (including phenoxy) is 1. The molecule has 0 bridgehead atoms. The van der Waals surface area contributed by atoms with Gasteiger partial charge in [-0.05, 0) is 20.8 Å². The van der Waals surface area contributed by atoms with Crippen molar-refractivity contribution in [3.63, 3.8) is 0 Å². The van der Waals surface area contributed by atoms with Crippen molar-refractivity contribution in [2.45, 2.75) is 38.6 Å². The van der Waals surface area contributed by atoms with Gasteiger partial charge in [0.05, 0.1) is 12.2 Å². The minimum Gasteiger partial charge on any atom is -0.479 e. The third-order valence-corrected chi connectivity index (χ3v) is 2.49. The molecule has 5 heteroatoms. The summed E-state index contributed by atoms with van der Waals surface area (Å²) in [6, 6.07) is 0. The molecule has 1 fully saturated rings. The topological polar surface area (TPSA) is 70.0 Å². The Hall–Kier alpha value is -0.650. The first kappa shape index (κ1) is 12.4. The van der Waals surface area contributed by atoms with Crippen molar-refractivity contribution in [2.24, 2.45) is 0 Å². The molecule has 1 aliphatic rings. The molecule has 1 rings (SSSR count). The first-order chi connectivity index (χ1) is 6.81. The Morgan fingerprint density at radius 3 is 2.33 bits per heavy atom. The van der Waals surface area contributed by atoms with Crippen molar-refractivity contribution >= 4 is 5.97 Å². The molecule has 1 saturated heterocycles. The van der Waals surface area contributed by atoms with E-state index < -0.39 is 11.6 Å². The lowest BCUT2D eigenvalue weighted by Crippen LogP contribution is -2.53. The molecule has 0 aliphatic carbocycles. The maximum atomic E-state index is 10.7. The predicted octanol–water partition coefficient (Wildman–Crippen LogP) is -0.0688. The van der Waals surface area contributed by atoms with E-state index in [1.54, 1.807) is 0 Å². The maximum Gasteiger partial charge on any atom is 0.336 e. The highest BCUT2D eigenvalue weighted by molar-refractivity contribution is 5.76. The molecule has 1 aliphatic heterocycles. The number of nitrogens with zero attached hydrogens (tertiary/aromatic N) is 1. The fraction of sp³-hybridized carbons (Fsp3) is 0.900. The van der Waals surface area contributed by atoms with Crippen LogP contribution < -0.4 is 0 Å². The van der Waals surface area contributed by atoms with Gasteiger partial charge in [-0.3, -0.25) is 4.90 Å². The summed E-state index contributed by atoms with van der Waals surface area (Å²) < 4.78 is 5.52. The van der Waals surface area contributed by atoms with Crippen LogP contribution in [0.4, 0.5) is 0 Å². The first-order valence-electron chi connectivity index (χ1n) is 5.15. The Bertz CT molecular complexity index is 232. The van der Waals surface area contributed by atoms with Gasteiger partial charge in [-0.25, -0.2) is 4.79 Å². The van der Waals surface area contributed by atoms with Crippen LogP contribution in [0.3, 0.4) is 0 Å². The smallest absolute Gasteiger partial charge is 0.336 e. The van der Waals surface area contributed by atoms with Crippen molar-refractivity contribution in [3.05, 3.63) is 0 Å². The van der Waals surface area contributed by atoms with Crippen molar-refractivity contribution < 1.29 is 19.7 Å². The van der Waals surface area contributed by atoms with Gasteiger partial charge in [-0.15, -0.1) is 0 Å². The zero-order valence-electron chi connectivity index (χ0n) is 9.43. The van der Waals surface area contributed by atoms with E-state index in [2.05, 4.69) is 0 Å². The molecule has 0 aromatic heterocycles. The number of aliphatic hydroxyl groups is 1. The third kappa shape index (κ3) is 3.44. The summed E-state index contributed by atoms with van der Waals surface area (Å²) in [5, 5.41) is 18.4. The highest BCUT2D eigenvalue weighted by Gasteiger charge is 2.34. The van der Waals surface area contributed by atoms with Crippen LogP contribution in [0.25, 0.3) is 0 Å². The van der Waals surface area contributed by atoms with E-state index in [9.17, 15) is 9.90 Å². The molecule has 1 heterocycles. The minimum atomic E-state index is -1.68. The molecule has 2 N–H and O–H groups in total. The van der Waals surface area contributed by atoms with Gasteiger partial charge in [-0.2, -0.15) is 0 Å². The summed E-state index contributed by atoms with van der Waals surface area (Å²) in [6.45, 7) is 6.67. The number of carboxylic acids is 1. The lowest BCUT2D eigenvalue weighted by molar-refractivity contribution is -0.161. The van der Waals surface area contributed by atoms with Crippen LogP contribution in [0.1, 0.15) is 20.8 Å². The number of β-amino-alcohol motifs (C(OH)–C–C–N with tert-alkyl or cyclic N) is 1. The second-order valence-corrected chi connectivity index (χ2v) is 4.53. The summed E-state index contributed by atoms with van der Waals surface area (Å²) in [4.78, 5) is 12.7. The zero-order valence-corrected chi connectivity index (χ0v) is 9.43. The molecule has 5 nitrogen and oxygen atoms in total. The molecule has 0 aromatic carbocycles. The molecule has 3 atom stereocenters. The average molecular weight is 217 g/mol. The van der Waals surface area contributed by atoms with E-state index in [0.717, 1.165) is 0 Å². The van der Waals surface area contributed by atoms with E-state index in [-0.39, 0.29) is 18.8 Å². The molecule has 1 unspecified atom stereocenters. The van der Waals surface area contributed by atoms with Crippen molar-refractivity contribution in [3.8, 4) is 0 Å². The summed E-state index contributed by atoms with van der Waals surface area (Å²) in [7, 11) is 0. The van der Waals surface area contributed by atoms with Gasteiger partial charge in [0.1, 0.15) is 0 Å². The number of rotatable bonds is 3. The highest BCUT2D eigenvalue weighted by Crippen LogP contribution is 2.14. The van der Waals surface area contributed by atoms with Crippen molar-refractivity contribution in [1.82, 2.24) is 4.90 Å². The third-order valence-electron chi connectivity index (χ3n) is 2.49. The quantitative estimate of drug-likeness (QED) is 0.692. The second kappa shape index (κ2) is 4.47. The Balaban J connectivity index is 2.54. The predicted molar refractivity (Wildman–Crippen MR) is 54.7 cm³/mol. The van der Waals surface area contributed by atoms with Crippen LogP contribution in [0, 0.1) is 0 Å². The maximum absolute atomic E-state index is 10.7. The molecular formula is C10H19NO4. The molecule has 0 saturated carbocycles. The Labute approximate surface area is 89.6 Å². The van der Waals surface area contributed by atoms with Gasteiger partial charge in [-0.1, -0.05) is 0 Å². The Morgan fingerprint density at radius 2 is 1.93 bits per heavy atom. The molecule has 0 spiro atoms. The minimum absolute atomic E-state index is 0.0818. The SMILES string of the molecule is C[C@@H]1CN(CC(C)(O)C(=O)O)C[C@H](C)O1. The van der Waals surface area contributed by atoms with Gasteiger partial charge in [0.15, 0.2) is 5.60 Å². The average Bonchev–Trinajstić information content (AvgIpc) is 1.99. The van der Waals surface area contributed by atoms with E-state index in [4.69, 9.17) is 9.84 Å². The number of morpholine rings is 1. The van der Waals surface area contributed by atoms with Crippen molar-refractivity contribution in [1.29, 1.82) is 0 Å². The standard InChI is InChI=1S/C10H19NO4/c1-7-4-11(5-8(2)15-7)6-10(3,14)9(12)13/h7-8,14H,4-6H2,1-3H3,(H,12,13)/t7-,8+,10?. The molecular weight excluding hydrogens is 198 g/mol. The van der Waals surface area contributed by atoms with Crippen LogP contribution in [-0.2, 0) is 9.53 Å². The highest BCUT2D eigenvalue weighted by atomic mass is 16.5. The molecule has 0 aromatic rings. The normalized spacial score (nSPS) is 32.3. The number of carbonyl (C=O) groups is 1. The van der Waals surface area contributed by atoms with Crippen LogP contribution in [-0.4, -0.2) is 58.5 Å². The van der Waals surface area contributed by atoms with E-state index in [0.29, 0.717) is 13.1 Å². The van der Waals surface area contributed by atoms with Crippen LogP contribution >= 0.6 is 0 Å². The molecule has 15 heavy (non-hydrogen) atoms. The van der Waals surface area contributed by atoms with Crippen LogP contribution in [0.2, 0.25) is 0 Å². The molecule has 0 amide bonds. The fourth-order valence-electron chi connectivity index (χ4n) is 1.92. The molecule has 88 valence electrons. The largest absolute Gasteiger partial charge is 0.479 e. The summed E-state index contributed by atoms with van der Waals surface area (Å²) in [5.74, 6) is -1.19. The van der Waals surface area contributed by atoms with Gasteiger partial charge in [0, 0.05) is 19.6 Å². The fourth-order valence-corrected chi connectivity index (χ4v) is 1.92. The van der Waals surface area contributed by atoms with Gasteiger partial charge < -0.3 is 14.9 Å². The monoisotopic (exact) mass is 217 g/mol. The van der Waals surface area contributed by atoms with Crippen molar-refractivity contribution in [2.75, 3.05) is 19.6 Å². The van der Waals surface area contributed by atoms with E-state index >= 15 is 0 Å². The molecule has 0 radical (unpaired) electrons. The summed E-state index contributed by atoms with van der Waals surface area (Å²) in [5.41, 5.74) is -1.68. The van der Waals surface area contributed by atoms with E-state index in [1.807, 2.05) is 18.7 Å². The number of carboxylic acid groups (broad SMARTS) is 1. The number of aliphatic carboxylic acids is 1. The lowest BCUT2D eigenvalue weighted by Gasteiger charge is -2.37. The number of hydrogen-bond acceptors (Lipinski definition) is 4. The first-order valence-corrected chi connectivity index (χ1v) is 5.15. The Morgan fingerprint density at radius 1 is 1.47 bits per heavy atom. The van der Waals surface area contributed by atoms with Crippen LogP contribution in [0.15, 0.2) is 0 Å². The van der Waals surface area contributed by atoms with Crippen LogP contribution in [0.5, 0.6) is 0 Å². The Kier molecular flexibility index (Phi) is 3.70. The van der Waals surface area contributed by atoms with Gasteiger partial charge in [0.25, 0.3) is 0 Å². The lowest BCUT2D eigenvalue weighted by atomic mass is 10.1. The number of hydrogen-bond donors (Lipinski definition) is 2. The summed E-state index contributed by atoms with van der Waals surface area (Å²) in [6.07, 6.45) is 0.164. The van der Waals surface area contributed by atoms with Gasteiger partial charge >= 0.3 is 5.97 Å². The van der Waals surface area contributed by atoms with Gasteiger partial charge in [0.2, 0.25) is 0 Å². The second-order valence-electron chi connectivity index (χ2n) is 4.53.